The molecule has 0 saturated carbocycles. The zero-order valence-electron chi connectivity index (χ0n) is 33.4. The minimum atomic E-state index is -1.76. The second-order valence-corrected chi connectivity index (χ2v) is 15.2. The Morgan fingerprint density at radius 1 is 0.509 bits per heavy atom. The summed E-state index contributed by atoms with van der Waals surface area (Å²) in [5, 5.41) is 71.5. The van der Waals surface area contributed by atoms with E-state index < -0.39 is 92.7 Å². The molecule has 11 atom stereocenters. The minimum absolute atomic E-state index is 0.169. The van der Waals surface area contributed by atoms with E-state index in [0.717, 1.165) is 51.4 Å². The standard InChI is InChI=1S/C40H74O15/c1-3-5-7-9-11-12-13-14-15-17-18-20-22-31(42)50-25-28(53-32(43)23-21-19-16-10-8-6-4-2)26-51-39-38(49)36(47)34(45)30(55-39)27-52-40-37(48)35(46)33(44)29(24-41)54-40/h28-30,33-41,44-49H,3-27H2,1-2H3/t28-,29-,30-,33+,34+,35?,36?,37?,38?,39-,40-/m1/s1. The Bertz CT molecular complexity index is 986. The van der Waals surface area contributed by atoms with Crippen LogP contribution in [0, 0.1) is 0 Å². The topological polar surface area (TPSA) is 231 Å². The Hall–Kier alpha value is -1.50. The lowest BCUT2D eigenvalue weighted by Crippen LogP contribution is -2.61. The lowest BCUT2D eigenvalue weighted by molar-refractivity contribution is -0.332. The van der Waals surface area contributed by atoms with Gasteiger partial charge in [0.15, 0.2) is 18.7 Å². The van der Waals surface area contributed by atoms with E-state index in [9.17, 15) is 45.3 Å². The molecule has 0 aliphatic carbocycles. The first-order valence-electron chi connectivity index (χ1n) is 21.1. The average Bonchev–Trinajstić information content (AvgIpc) is 3.18. The Balaban J connectivity index is 1.86. The van der Waals surface area contributed by atoms with Crippen molar-refractivity contribution in [3.63, 3.8) is 0 Å². The number of hydrogen-bond donors (Lipinski definition) is 7. The molecular formula is C40H74O15. The minimum Gasteiger partial charge on any atom is -0.462 e. The van der Waals surface area contributed by atoms with Crippen LogP contribution in [0.5, 0.6) is 0 Å². The highest BCUT2D eigenvalue weighted by Gasteiger charge is 2.47. The predicted molar refractivity (Wildman–Crippen MR) is 201 cm³/mol. The summed E-state index contributed by atoms with van der Waals surface area (Å²) in [7, 11) is 0. The first-order valence-corrected chi connectivity index (χ1v) is 21.1. The highest BCUT2D eigenvalue weighted by atomic mass is 16.7. The van der Waals surface area contributed by atoms with Crippen LogP contribution in [0.2, 0.25) is 0 Å². The number of unbranched alkanes of at least 4 members (excludes halogenated alkanes) is 17. The van der Waals surface area contributed by atoms with Gasteiger partial charge in [0.2, 0.25) is 0 Å². The van der Waals surface area contributed by atoms with E-state index in [1.165, 1.54) is 57.8 Å². The fourth-order valence-electron chi connectivity index (χ4n) is 6.74. The van der Waals surface area contributed by atoms with Crippen molar-refractivity contribution in [2.45, 2.75) is 216 Å². The molecule has 0 aromatic carbocycles. The van der Waals surface area contributed by atoms with Gasteiger partial charge in [-0.15, -0.1) is 0 Å². The summed E-state index contributed by atoms with van der Waals surface area (Å²) in [5.41, 5.74) is 0. The van der Waals surface area contributed by atoms with E-state index in [1.54, 1.807) is 0 Å². The molecule has 0 aromatic rings. The third-order valence-electron chi connectivity index (χ3n) is 10.3. The molecule has 2 fully saturated rings. The molecule has 55 heavy (non-hydrogen) atoms. The van der Waals surface area contributed by atoms with Crippen molar-refractivity contribution < 1.29 is 73.8 Å². The zero-order valence-corrected chi connectivity index (χ0v) is 33.4. The van der Waals surface area contributed by atoms with Gasteiger partial charge in [0.25, 0.3) is 0 Å². The zero-order chi connectivity index (χ0) is 40.4. The molecule has 0 bridgehead atoms. The molecule has 2 heterocycles. The second kappa shape index (κ2) is 29.7. The summed E-state index contributed by atoms with van der Waals surface area (Å²) in [6.45, 7) is 2.51. The first-order chi connectivity index (χ1) is 26.5. The molecule has 0 aromatic heterocycles. The van der Waals surface area contributed by atoms with Gasteiger partial charge in [-0.25, -0.2) is 0 Å². The monoisotopic (exact) mass is 795 g/mol. The predicted octanol–water partition coefficient (Wildman–Crippen LogP) is 3.31. The molecule has 2 rings (SSSR count). The van der Waals surface area contributed by atoms with Gasteiger partial charge in [0.05, 0.1) is 19.8 Å². The van der Waals surface area contributed by atoms with Gasteiger partial charge in [-0.1, -0.05) is 123 Å². The number of hydrogen-bond acceptors (Lipinski definition) is 15. The highest BCUT2D eigenvalue weighted by molar-refractivity contribution is 5.70. The maximum absolute atomic E-state index is 12.8. The normalized spacial score (nSPS) is 28.9. The summed E-state index contributed by atoms with van der Waals surface area (Å²) in [5.74, 6) is -0.927. The molecular weight excluding hydrogens is 720 g/mol. The SMILES string of the molecule is CCCCCCCCCCCCCCC(=O)OC[C@H](CO[C@@H]1O[C@H](CO[C@@H]2O[C@H](CO)[C@H](O)C(O)C2O)[C@H](O)C(O)C1O)OC(=O)CCCCCCCCC. The average molecular weight is 795 g/mol. The largest absolute Gasteiger partial charge is 0.462 e. The van der Waals surface area contributed by atoms with Crippen LogP contribution in [0.15, 0.2) is 0 Å². The van der Waals surface area contributed by atoms with Crippen molar-refractivity contribution in [1.29, 1.82) is 0 Å². The van der Waals surface area contributed by atoms with Crippen LogP contribution < -0.4 is 0 Å². The number of rotatable bonds is 31. The number of carbonyl (C=O) groups excluding carboxylic acids is 2. The Morgan fingerprint density at radius 2 is 0.927 bits per heavy atom. The van der Waals surface area contributed by atoms with E-state index in [4.69, 9.17) is 28.4 Å². The molecule has 0 spiro atoms. The second-order valence-electron chi connectivity index (χ2n) is 15.2. The molecule has 15 heteroatoms. The Kier molecular flexibility index (Phi) is 26.8. The molecule has 324 valence electrons. The van der Waals surface area contributed by atoms with Gasteiger partial charge in [-0.2, -0.15) is 0 Å². The summed E-state index contributed by atoms with van der Waals surface area (Å²) < 4.78 is 33.3. The molecule has 7 N–H and O–H groups in total. The molecule has 4 unspecified atom stereocenters. The molecule has 2 aliphatic rings. The van der Waals surface area contributed by atoms with Crippen LogP contribution in [0.1, 0.15) is 149 Å². The summed E-state index contributed by atoms with van der Waals surface area (Å²) >= 11 is 0. The van der Waals surface area contributed by atoms with Crippen molar-refractivity contribution in [3.8, 4) is 0 Å². The first kappa shape index (κ1) is 49.6. The number of carbonyl (C=O) groups is 2. The van der Waals surface area contributed by atoms with E-state index in [-0.39, 0.29) is 26.1 Å². The fraction of sp³-hybridized carbons (Fsp3) is 0.950. The van der Waals surface area contributed by atoms with Crippen LogP contribution in [0.4, 0.5) is 0 Å². The smallest absolute Gasteiger partial charge is 0.306 e. The maximum atomic E-state index is 12.8. The highest BCUT2D eigenvalue weighted by Crippen LogP contribution is 2.26. The van der Waals surface area contributed by atoms with Crippen molar-refractivity contribution >= 4 is 11.9 Å². The Labute approximate surface area is 328 Å². The van der Waals surface area contributed by atoms with Gasteiger partial charge in [0, 0.05) is 12.8 Å². The van der Waals surface area contributed by atoms with E-state index >= 15 is 0 Å². The quantitative estimate of drug-likeness (QED) is 0.0394. The van der Waals surface area contributed by atoms with Crippen LogP contribution in [0.25, 0.3) is 0 Å². The summed E-state index contributed by atoms with van der Waals surface area (Å²) in [6, 6.07) is 0. The number of aliphatic hydroxyl groups is 7. The van der Waals surface area contributed by atoms with Crippen LogP contribution >= 0.6 is 0 Å². The number of esters is 2. The molecule has 0 amide bonds. The molecule has 0 radical (unpaired) electrons. The third kappa shape index (κ3) is 19.7. The van der Waals surface area contributed by atoms with E-state index in [2.05, 4.69) is 13.8 Å². The Morgan fingerprint density at radius 3 is 1.42 bits per heavy atom. The lowest BCUT2D eigenvalue weighted by atomic mass is 9.98. The van der Waals surface area contributed by atoms with Gasteiger partial charge in [0.1, 0.15) is 55.4 Å². The number of aliphatic hydroxyl groups excluding tert-OH is 7. The fourth-order valence-corrected chi connectivity index (χ4v) is 6.74. The van der Waals surface area contributed by atoms with Crippen LogP contribution in [-0.2, 0) is 38.0 Å². The maximum Gasteiger partial charge on any atom is 0.306 e. The van der Waals surface area contributed by atoms with Crippen molar-refractivity contribution in [3.05, 3.63) is 0 Å². The van der Waals surface area contributed by atoms with Gasteiger partial charge >= 0.3 is 11.9 Å². The van der Waals surface area contributed by atoms with Crippen LogP contribution in [-0.4, -0.2) is 142 Å². The van der Waals surface area contributed by atoms with Gasteiger partial charge in [-0.05, 0) is 12.8 Å². The third-order valence-corrected chi connectivity index (χ3v) is 10.3. The molecule has 2 aliphatic heterocycles. The van der Waals surface area contributed by atoms with Crippen molar-refractivity contribution in [2.24, 2.45) is 0 Å². The van der Waals surface area contributed by atoms with E-state index in [0.29, 0.717) is 12.8 Å². The molecule has 2 saturated heterocycles. The number of ether oxygens (including phenoxy) is 6. The van der Waals surface area contributed by atoms with E-state index in [1.807, 2.05) is 0 Å². The van der Waals surface area contributed by atoms with Crippen molar-refractivity contribution in [1.82, 2.24) is 0 Å². The molecule has 15 nitrogen and oxygen atoms in total. The van der Waals surface area contributed by atoms with Gasteiger partial charge < -0.3 is 64.2 Å². The summed E-state index contributed by atoms with van der Waals surface area (Å²) in [4.78, 5) is 25.4. The van der Waals surface area contributed by atoms with Crippen molar-refractivity contribution in [2.75, 3.05) is 26.4 Å². The summed E-state index contributed by atoms with van der Waals surface area (Å²) in [6.07, 6.45) is 4.72. The van der Waals surface area contributed by atoms with Gasteiger partial charge in [-0.3, -0.25) is 9.59 Å². The lowest BCUT2D eigenvalue weighted by Gasteiger charge is -2.42. The van der Waals surface area contributed by atoms with Crippen LogP contribution in [0.3, 0.4) is 0 Å².